The van der Waals surface area contributed by atoms with Crippen molar-refractivity contribution in [1.29, 1.82) is 0 Å². The minimum absolute atomic E-state index is 0.0997. The number of carbonyl (C=O) groups is 1. The van der Waals surface area contributed by atoms with Crippen molar-refractivity contribution in [3.8, 4) is 0 Å². The summed E-state index contributed by atoms with van der Waals surface area (Å²) in [6.45, 7) is 3.79. The molecule has 0 saturated heterocycles. The highest BCUT2D eigenvalue weighted by atomic mass is 35.5. The molecule has 1 aromatic rings. The Hall–Kier alpha value is -1.22. The number of nitrogens with one attached hydrogen (secondary N) is 1. The van der Waals surface area contributed by atoms with Gasteiger partial charge in [-0.1, -0.05) is 11.6 Å². The number of hydrogen-bond acceptors (Lipinski definition) is 2. The minimum atomic E-state index is -0.158. The second-order valence-corrected chi connectivity index (χ2v) is 3.84. The van der Waals surface area contributed by atoms with Crippen LogP contribution in [0.25, 0.3) is 0 Å². The summed E-state index contributed by atoms with van der Waals surface area (Å²) >= 11 is 5.77. The van der Waals surface area contributed by atoms with Gasteiger partial charge in [-0.15, -0.1) is 0 Å². The molecule has 0 fully saturated rings. The van der Waals surface area contributed by atoms with Crippen molar-refractivity contribution < 1.29 is 4.79 Å². The number of rotatable bonds is 2. The number of hydrogen-bond donors (Lipinski definition) is 2. The van der Waals surface area contributed by atoms with Gasteiger partial charge >= 0.3 is 0 Å². The average Bonchev–Trinajstić information content (AvgIpc) is 2.00. The van der Waals surface area contributed by atoms with Gasteiger partial charge in [-0.3, -0.25) is 4.79 Å². The predicted octanol–water partition coefficient (Wildman–Crippen LogP) is 2.06. The topological polar surface area (TPSA) is 55.1 Å². The number of amides is 1. The van der Waals surface area contributed by atoms with Gasteiger partial charge in [-0.05, 0) is 32.0 Å². The number of benzene rings is 1. The van der Waals surface area contributed by atoms with Gasteiger partial charge in [0, 0.05) is 22.3 Å². The van der Waals surface area contributed by atoms with Crippen molar-refractivity contribution in [1.82, 2.24) is 5.32 Å². The Kier molecular flexibility index (Phi) is 3.36. The van der Waals surface area contributed by atoms with Crippen molar-refractivity contribution in [3.63, 3.8) is 0 Å². The Morgan fingerprint density at radius 3 is 2.57 bits per heavy atom. The van der Waals surface area contributed by atoms with Gasteiger partial charge < -0.3 is 11.1 Å². The van der Waals surface area contributed by atoms with Crippen molar-refractivity contribution >= 4 is 23.2 Å². The first-order chi connectivity index (χ1) is 6.49. The van der Waals surface area contributed by atoms with E-state index in [9.17, 15) is 4.79 Å². The lowest BCUT2D eigenvalue weighted by atomic mass is 10.2. The fourth-order valence-corrected chi connectivity index (χ4v) is 1.33. The second kappa shape index (κ2) is 4.33. The van der Waals surface area contributed by atoms with Crippen LogP contribution in [0.1, 0.15) is 24.2 Å². The number of anilines is 1. The largest absolute Gasteiger partial charge is 0.399 e. The summed E-state index contributed by atoms with van der Waals surface area (Å²) in [5.74, 6) is -0.158. The number of halogens is 1. The van der Waals surface area contributed by atoms with Gasteiger partial charge in [-0.25, -0.2) is 0 Å². The van der Waals surface area contributed by atoms with Gasteiger partial charge in [0.25, 0.3) is 5.91 Å². The SMILES string of the molecule is CC(C)NC(=O)c1cc(N)cc(Cl)c1. The lowest BCUT2D eigenvalue weighted by Crippen LogP contribution is -2.30. The van der Waals surface area contributed by atoms with E-state index in [1.165, 1.54) is 0 Å². The zero-order valence-corrected chi connectivity index (χ0v) is 8.93. The standard InChI is InChI=1S/C10H13ClN2O/c1-6(2)13-10(14)7-3-8(11)5-9(12)4-7/h3-6H,12H2,1-2H3,(H,13,14). The summed E-state index contributed by atoms with van der Waals surface area (Å²) in [4.78, 5) is 11.5. The molecule has 0 atom stereocenters. The summed E-state index contributed by atoms with van der Waals surface area (Å²) in [5.41, 5.74) is 6.55. The first-order valence-corrected chi connectivity index (χ1v) is 4.74. The maximum atomic E-state index is 11.5. The van der Waals surface area contributed by atoms with E-state index in [1.807, 2.05) is 13.8 Å². The molecule has 0 aromatic heterocycles. The van der Waals surface area contributed by atoms with E-state index in [4.69, 9.17) is 17.3 Å². The summed E-state index contributed by atoms with van der Waals surface area (Å²) < 4.78 is 0. The van der Waals surface area contributed by atoms with Gasteiger partial charge in [0.1, 0.15) is 0 Å². The van der Waals surface area contributed by atoms with E-state index in [1.54, 1.807) is 18.2 Å². The molecule has 14 heavy (non-hydrogen) atoms. The molecule has 0 unspecified atom stereocenters. The van der Waals surface area contributed by atoms with Crippen LogP contribution >= 0.6 is 11.6 Å². The molecule has 3 N–H and O–H groups in total. The molecule has 3 nitrogen and oxygen atoms in total. The Morgan fingerprint density at radius 2 is 2.07 bits per heavy atom. The van der Waals surface area contributed by atoms with E-state index in [0.717, 1.165) is 0 Å². The molecular weight excluding hydrogens is 200 g/mol. The second-order valence-electron chi connectivity index (χ2n) is 3.40. The van der Waals surface area contributed by atoms with E-state index >= 15 is 0 Å². The molecule has 0 saturated carbocycles. The molecule has 1 rings (SSSR count). The third-order valence-corrected chi connectivity index (χ3v) is 1.82. The van der Waals surface area contributed by atoms with Crippen molar-refractivity contribution in [2.24, 2.45) is 0 Å². The highest BCUT2D eigenvalue weighted by Crippen LogP contribution is 2.16. The Morgan fingerprint density at radius 1 is 1.43 bits per heavy atom. The smallest absolute Gasteiger partial charge is 0.251 e. The highest BCUT2D eigenvalue weighted by Gasteiger charge is 2.07. The van der Waals surface area contributed by atoms with E-state index < -0.39 is 0 Å². The molecule has 0 spiro atoms. The molecule has 1 amide bonds. The van der Waals surface area contributed by atoms with Crippen LogP contribution in [0.15, 0.2) is 18.2 Å². The first kappa shape index (κ1) is 10.9. The summed E-state index contributed by atoms with van der Waals surface area (Å²) in [5, 5.41) is 3.23. The minimum Gasteiger partial charge on any atom is -0.399 e. The zero-order valence-electron chi connectivity index (χ0n) is 8.17. The monoisotopic (exact) mass is 212 g/mol. The molecule has 4 heteroatoms. The van der Waals surface area contributed by atoms with Gasteiger partial charge in [-0.2, -0.15) is 0 Å². The van der Waals surface area contributed by atoms with Crippen molar-refractivity contribution in [2.75, 3.05) is 5.73 Å². The predicted molar refractivity (Wildman–Crippen MR) is 58.5 cm³/mol. The zero-order chi connectivity index (χ0) is 10.7. The summed E-state index contributed by atoms with van der Waals surface area (Å²) in [7, 11) is 0. The van der Waals surface area contributed by atoms with E-state index in [-0.39, 0.29) is 11.9 Å². The summed E-state index contributed by atoms with van der Waals surface area (Å²) in [6, 6.07) is 4.90. The van der Waals surface area contributed by atoms with Crippen LogP contribution in [0.2, 0.25) is 5.02 Å². The van der Waals surface area contributed by atoms with Crippen LogP contribution in [-0.4, -0.2) is 11.9 Å². The number of carbonyl (C=O) groups excluding carboxylic acids is 1. The number of nitrogen functional groups attached to an aromatic ring is 1. The van der Waals surface area contributed by atoms with Crippen molar-refractivity contribution in [3.05, 3.63) is 28.8 Å². The highest BCUT2D eigenvalue weighted by molar-refractivity contribution is 6.31. The van der Waals surface area contributed by atoms with E-state index in [2.05, 4.69) is 5.32 Å². The first-order valence-electron chi connectivity index (χ1n) is 4.36. The summed E-state index contributed by atoms with van der Waals surface area (Å²) in [6.07, 6.45) is 0. The maximum absolute atomic E-state index is 11.5. The van der Waals surface area contributed by atoms with E-state index in [0.29, 0.717) is 16.3 Å². The quantitative estimate of drug-likeness (QED) is 0.738. The molecule has 0 aliphatic rings. The lowest BCUT2D eigenvalue weighted by Gasteiger charge is -2.08. The van der Waals surface area contributed by atoms with Crippen LogP contribution in [-0.2, 0) is 0 Å². The Balaban J connectivity index is 2.90. The maximum Gasteiger partial charge on any atom is 0.251 e. The van der Waals surface area contributed by atoms with Crippen LogP contribution in [0.3, 0.4) is 0 Å². The molecule has 0 heterocycles. The van der Waals surface area contributed by atoms with Crippen LogP contribution < -0.4 is 11.1 Å². The fraction of sp³-hybridized carbons (Fsp3) is 0.300. The van der Waals surface area contributed by atoms with Crippen LogP contribution in [0.4, 0.5) is 5.69 Å². The Labute approximate surface area is 88.2 Å². The van der Waals surface area contributed by atoms with Gasteiger partial charge in [0.2, 0.25) is 0 Å². The molecule has 0 radical (unpaired) electrons. The number of nitrogens with two attached hydrogens (primary N) is 1. The molecule has 0 aliphatic heterocycles. The lowest BCUT2D eigenvalue weighted by molar-refractivity contribution is 0.0943. The molecular formula is C10H13ClN2O. The molecule has 1 aromatic carbocycles. The normalized spacial score (nSPS) is 10.3. The van der Waals surface area contributed by atoms with Crippen LogP contribution in [0.5, 0.6) is 0 Å². The molecule has 0 aliphatic carbocycles. The van der Waals surface area contributed by atoms with Gasteiger partial charge in [0.15, 0.2) is 0 Å². The molecule has 76 valence electrons. The third kappa shape index (κ3) is 2.92. The van der Waals surface area contributed by atoms with Crippen molar-refractivity contribution in [2.45, 2.75) is 19.9 Å². The fourth-order valence-electron chi connectivity index (χ4n) is 1.09. The average molecular weight is 213 g/mol. The molecule has 0 bridgehead atoms. The van der Waals surface area contributed by atoms with Crippen LogP contribution in [0, 0.1) is 0 Å². The Bertz CT molecular complexity index is 330. The third-order valence-electron chi connectivity index (χ3n) is 1.60. The van der Waals surface area contributed by atoms with Gasteiger partial charge in [0.05, 0.1) is 0 Å².